The molecule has 0 saturated carbocycles. The highest BCUT2D eigenvalue weighted by molar-refractivity contribution is 9.10. The van der Waals surface area contributed by atoms with E-state index in [0.29, 0.717) is 0 Å². The van der Waals surface area contributed by atoms with Crippen molar-refractivity contribution < 1.29 is 4.74 Å². The molecule has 1 heterocycles. The van der Waals surface area contributed by atoms with Crippen LogP contribution in [0.3, 0.4) is 0 Å². The zero-order valence-electron chi connectivity index (χ0n) is 10.6. The van der Waals surface area contributed by atoms with Crippen molar-refractivity contribution in [3.05, 3.63) is 52.2 Å². The van der Waals surface area contributed by atoms with Gasteiger partial charge in [-0.15, -0.1) is 0 Å². The number of benzene rings is 2. The van der Waals surface area contributed by atoms with Crippen molar-refractivity contribution in [3.8, 4) is 17.0 Å². The van der Waals surface area contributed by atoms with Crippen LogP contribution in [0.1, 0.15) is 0 Å². The molecule has 0 atom stereocenters. The fourth-order valence-corrected chi connectivity index (χ4v) is 2.60. The highest BCUT2D eigenvalue weighted by Gasteiger charge is 2.10. The monoisotopic (exact) mass is 348 g/mol. The fourth-order valence-electron chi connectivity index (χ4n) is 2.06. The molecule has 0 N–H and O–H groups in total. The summed E-state index contributed by atoms with van der Waals surface area (Å²) in [5, 5.41) is 1.18. The summed E-state index contributed by atoms with van der Waals surface area (Å²) in [5.41, 5.74) is 2.54. The Kier molecular flexibility index (Phi) is 3.59. The molecule has 3 nitrogen and oxygen atoms in total. The van der Waals surface area contributed by atoms with Crippen LogP contribution >= 0.6 is 27.5 Å². The molecule has 3 rings (SSSR count). The van der Waals surface area contributed by atoms with E-state index in [9.17, 15) is 0 Å². The zero-order chi connectivity index (χ0) is 14.1. The first kappa shape index (κ1) is 13.3. The molecule has 5 heteroatoms. The number of ether oxygens (including phenoxy) is 1. The van der Waals surface area contributed by atoms with E-state index in [4.69, 9.17) is 16.3 Å². The molecule has 0 spiro atoms. The molecule has 1 aromatic heterocycles. The summed E-state index contributed by atoms with van der Waals surface area (Å²) in [5.74, 6) is 0.778. The maximum absolute atomic E-state index is 6.02. The van der Waals surface area contributed by atoms with Gasteiger partial charge in [0.05, 0.1) is 18.3 Å². The molecule has 0 aliphatic rings. The maximum atomic E-state index is 6.02. The van der Waals surface area contributed by atoms with Crippen LogP contribution < -0.4 is 4.74 Å². The molecule has 100 valence electrons. The van der Waals surface area contributed by atoms with Crippen LogP contribution in [0.2, 0.25) is 5.28 Å². The van der Waals surface area contributed by atoms with Crippen LogP contribution in [0.4, 0.5) is 0 Å². The Labute approximate surface area is 129 Å². The highest BCUT2D eigenvalue weighted by Crippen LogP contribution is 2.31. The normalized spacial score (nSPS) is 10.8. The Hall–Kier alpha value is -1.65. The third-order valence-corrected chi connectivity index (χ3v) is 3.64. The number of rotatable bonds is 2. The van der Waals surface area contributed by atoms with E-state index < -0.39 is 0 Å². The van der Waals surface area contributed by atoms with Crippen LogP contribution in [-0.4, -0.2) is 17.1 Å². The second-order valence-corrected chi connectivity index (χ2v) is 5.49. The summed E-state index contributed by atoms with van der Waals surface area (Å²) >= 11 is 9.49. The molecule has 2 aromatic carbocycles. The van der Waals surface area contributed by atoms with Gasteiger partial charge < -0.3 is 4.74 Å². The van der Waals surface area contributed by atoms with Crippen LogP contribution in [0.5, 0.6) is 5.75 Å². The molecule has 0 saturated heterocycles. The zero-order valence-corrected chi connectivity index (χ0v) is 12.9. The van der Waals surface area contributed by atoms with E-state index in [-0.39, 0.29) is 5.28 Å². The summed E-state index contributed by atoms with van der Waals surface area (Å²) in [6, 6.07) is 13.6. The Morgan fingerprint density at radius 3 is 2.75 bits per heavy atom. The lowest BCUT2D eigenvalue weighted by Gasteiger charge is -2.08. The van der Waals surface area contributed by atoms with Crippen molar-refractivity contribution in [3.63, 3.8) is 0 Å². The van der Waals surface area contributed by atoms with Crippen LogP contribution in [0.25, 0.3) is 22.2 Å². The molecule has 0 amide bonds. The average molecular weight is 350 g/mol. The van der Waals surface area contributed by atoms with E-state index in [1.807, 2.05) is 42.5 Å². The number of hydrogen-bond donors (Lipinski definition) is 0. The summed E-state index contributed by atoms with van der Waals surface area (Å²) in [6.45, 7) is 0. The lowest BCUT2D eigenvalue weighted by molar-refractivity contribution is 0.415. The molecule has 0 aliphatic heterocycles. The van der Waals surface area contributed by atoms with Crippen LogP contribution in [0.15, 0.2) is 46.9 Å². The fraction of sp³-hybridized carbons (Fsp3) is 0.0667. The van der Waals surface area contributed by atoms with Gasteiger partial charge in [-0.25, -0.2) is 9.97 Å². The van der Waals surface area contributed by atoms with E-state index in [1.165, 1.54) is 0 Å². The Bertz CT molecular complexity index is 792. The Morgan fingerprint density at radius 1 is 1.10 bits per heavy atom. The van der Waals surface area contributed by atoms with Crippen LogP contribution in [0, 0.1) is 0 Å². The van der Waals surface area contributed by atoms with Crippen molar-refractivity contribution in [2.45, 2.75) is 0 Å². The van der Waals surface area contributed by atoms with Gasteiger partial charge in [-0.1, -0.05) is 28.1 Å². The van der Waals surface area contributed by atoms with Gasteiger partial charge in [-0.05, 0) is 41.9 Å². The minimum Gasteiger partial charge on any atom is -0.497 e. The number of aromatic nitrogens is 2. The van der Waals surface area contributed by atoms with Crippen molar-refractivity contribution in [1.82, 2.24) is 9.97 Å². The molecular weight excluding hydrogens is 340 g/mol. The summed E-state index contributed by atoms with van der Waals surface area (Å²) < 4.78 is 6.23. The first-order valence-electron chi connectivity index (χ1n) is 5.94. The summed E-state index contributed by atoms with van der Waals surface area (Å²) in [6.07, 6.45) is 0. The van der Waals surface area contributed by atoms with E-state index >= 15 is 0 Å². The summed E-state index contributed by atoms with van der Waals surface area (Å²) in [4.78, 5) is 8.61. The molecule has 0 radical (unpaired) electrons. The lowest BCUT2D eigenvalue weighted by atomic mass is 10.1. The topological polar surface area (TPSA) is 35.0 Å². The molecule has 3 aromatic rings. The minimum absolute atomic E-state index is 0.234. The van der Waals surface area contributed by atoms with Gasteiger partial charge in [0, 0.05) is 15.4 Å². The average Bonchev–Trinajstić information content (AvgIpc) is 2.47. The van der Waals surface area contributed by atoms with Crippen LogP contribution in [-0.2, 0) is 0 Å². The first-order chi connectivity index (χ1) is 9.67. The van der Waals surface area contributed by atoms with Gasteiger partial charge in [0.1, 0.15) is 5.75 Å². The molecular formula is C15H10BrClN2O. The molecule has 0 unspecified atom stereocenters. The Balaban J connectivity index is 2.31. The van der Waals surface area contributed by atoms with Gasteiger partial charge in [-0.3, -0.25) is 0 Å². The lowest BCUT2D eigenvalue weighted by Crippen LogP contribution is -1.92. The van der Waals surface area contributed by atoms with Gasteiger partial charge in [0.2, 0.25) is 5.28 Å². The molecule has 0 aliphatic carbocycles. The molecule has 0 fully saturated rings. The molecule has 20 heavy (non-hydrogen) atoms. The number of nitrogens with zero attached hydrogens (tertiary/aromatic N) is 2. The molecule has 0 bridgehead atoms. The van der Waals surface area contributed by atoms with E-state index in [2.05, 4.69) is 25.9 Å². The quantitative estimate of drug-likeness (QED) is 0.628. The van der Waals surface area contributed by atoms with Crippen molar-refractivity contribution in [2.24, 2.45) is 0 Å². The standard InChI is InChI=1S/C15H10BrClN2O/c1-20-11-4-2-3-9(7-11)14-12-8-10(16)5-6-13(12)18-15(17)19-14/h2-8H,1H3. The van der Waals surface area contributed by atoms with Crippen molar-refractivity contribution in [2.75, 3.05) is 7.11 Å². The Morgan fingerprint density at radius 2 is 1.95 bits per heavy atom. The second kappa shape index (κ2) is 5.38. The highest BCUT2D eigenvalue weighted by atomic mass is 79.9. The first-order valence-corrected chi connectivity index (χ1v) is 7.12. The third kappa shape index (κ3) is 2.49. The number of methoxy groups -OCH3 is 1. The second-order valence-electron chi connectivity index (χ2n) is 4.23. The van der Waals surface area contributed by atoms with Gasteiger partial charge >= 0.3 is 0 Å². The predicted molar refractivity (Wildman–Crippen MR) is 84.2 cm³/mol. The predicted octanol–water partition coefficient (Wildman–Crippen LogP) is 4.72. The number of halogens is 2. The largest absolute Gasteiger partial charge is 0.497 e. The van der Waals surface area contributed by atoms with Gasteiger partial charge in [0.25, 0.3) is 0 Å². The minimum atomic E-state index is 0.234. The smallest absolute Gasteiger partial charge is 0.223 e. The number of hydrogen-bond acceptors (Lipinski definition) is 3. The summed E-state index contributed by atoms with van der Waals surface area (Å²) in [7, 11) is 1.64. The SMILES string of the molecule is COc1cccc(-c2nc(Cl)nc3ccc(Br)cc23)c1. The van der Waals surface area contributed by atoms with Gasteiger partial charge in [0.15, 0.2) is 0 Å². The van der Waals surface area contributed by atoms with E-state index in [1.54, 1.807) is 7.11 Å². The maximum Gasteiger partial charge on any atom is 0.223 e. The third-order valence-electron chi connectivity index (χ3n) is 2.97. The van der Waals surface area contributed by atoms with Crippen molar-refractivity contribution in [1.29, 1.82) is 0 Å². The van der Waals surface area contributed by atoms with Crippen molar-refractivity contribution >= 4 is 38.4 Å². The van der Waals surface area contributed by atoms with E-state index in [0.717, 1.165) is 32.4 Å². The number of fused-ring (bicyclic) bond motifs is 1. The van der Waals surface area contributed by atoms with Gasteiger partial charge in [-0.2, -0.15) is 0 Å².